The van der Waals surface area contributed by atoms with Crippen LogP contribution in [0.1, 0.15) is 47.0 Å². The number of aliphatic imine (C=N–C) groups is 1. The van der Waals surface area contributed by atoms with Crippen LogP contribution in [0.25, 0.3) is 0 Å². The van der Waals surface area contributed by atoms with E-state index in [9.17, 15) is 5.11 Å². The van der Waals surface area contributed by atoms with Gasteiger partial charge in [-0.15, -0.1) is 24.0 Å². The van der Waals surface area contributed by atoms with Gasteiger partial charge in [-0.25, -0.2) is 0 Å². The molecule has 0 spiro atoms. The maximum atomic E-state index is 9.38. The summed E-state index contributed by atoms with van der Waals surface area (Å²) in [6, 6.07) is 0. The molecule has 0 aromatic carbocycles. The van der Waals surface area contributed by atoms with Gasteiger partial charge >= 0.3 is 0 Å². The maximum Gasteiger partial charge on any atom is 0.191 e. The molecule has 3 unspecified atom stereocenters. The molecule has 3 N–H and O–H groups in total. The Morgan fingerprint density at radius 2 is 1.93 bits per heavy atom. The number of halogens is 1. The van der Waals surface area contributed by atoms with Crippen molar-refractivity contribution in [2.75, 3.05) is 53.0 Å². The van der Waals surface area contributed by atoms with E-state index in [4.69, 9.17) is 4.74 Å². The first kappa shape index (κ1) is 24.9. The zero-order valence-electron chi connectivity index (χ0n) is 17.9. The molecule has 0 aromatic rings. The number of piperidine rings is 1. The van der Waals surface area contributed by atoms with E-state index in [2.05, 4.69) is 48.2 Å². The van der Waals surface area contributed by atoms with Crippen LogP contribution in [0.5, 0.6) is 0 Å². The summed E-state index contributed by atoms with van der Waals surface area (Å²) in [5.74, 6) is 2.35. The Morgan fingerprint density at radius 1 is 1.26 bits per heavy atom. The number of likely N-dealkylation sites (tertiary alicyclic amines) is 1. The Bertz CT molecular complexity index is 457. The van der Waals surface area contributed by atoms with E-state index in [0.717, 1.165) is 50.3 Å². The Hall–Kier alpha value is -0.120. The summed E-state index contributed by atoms with van der Waals surface area (Å²) in [5.41, 5.74) is 0.111. The van der Waals surface area contributed by atoms with Crippen LogP contribution in [0, 0.1) is 17.3 Å². The third-order valence-electron chi connectivity index (χ3n) is 6.09. The van der Waals surface area contributed by atoms with Crippen molar-refractivity contribution in [2.45, 2.75) is 52.5 Å². The zero-order chi connectivity index (χ0) is 19.2. The summed E-state index contributed by atoms with van der Waals surface area (Å²) in [7, 11) is 1.82. The van der Waals surface area contributed by atoms with Crippen molar-refractivity contribution in [2.24, 2.45) is 22.2 Å². The first-order valence-corrected chi connectivity index (χ1v) is 10.2. The first-order chi connectivity index (χ1) is 12.3. The molecule has 0 saturated carbocycles. The van der Waals surface area contributed by atoms with Gasteiger partial charge in [-0.3, -0.25) is 9.89 Å². The standard InChI is InChI=1S/C20H40N4O2.HI/c1-16-10-17(2)12-24(11-16)19(3,4)13-22-18(21-5)23-14-20(6-8-25)7-9-26-15-20;/h16-17,25H,6-15H2,1-5H3,(H2,21,22,23);1H. The number of nitrogens with one attached hydrogen (secondary N) is 2. The lowest BCUT2D eigenvalue weighted by Crippen LogP contribution is -2.57. The fraction of sp³-hybridized carbons (Fsp3) is 0.950. The molecule has 3 atom stereocenters. The second kappa shape index (κ2) is 11.2. The van der Waals surface area contributed by atoms with Crippen molar-refractivity contribution in [3.05, 3.63) is 0 Å². The van der Waals surface area contributed by atoms with Gasteiger partial charge in [-0.05, 0) is 44.9 Å². The van der Waals surface area contributed by atoms with Gasteiger partial charge < -0.3 is 20.5 Å². The molecule has 2 aliphatic rings. The summed E-state index contributed by atoms with van der Waals surface area (Å²) < 4.78 is 5.57. The summed E-state index contributed by atoms with van der Waals surface area (Å²) in [6.45, 7) is 15.0. The average Bonchev–Trinajstić information content (AvgIpc) is 3.03. The molecule has 27 heavy (non-hydrogen) atoms. The molecule has 0 amide bonds. The molecule has 0 aliphatic carbocycles. The second-order valence-corrected chi connectivity index (χ2v) is 9.22. The third-order valence-corrected chi connectivity index (χ3v) is 6.09. The summed E-state index contributed by atoms with van der Waals surface area (Å²) in [4.78, 5) is 7.01. The van der Waals surface area contributed by atoms with E-state index in [-0.39, 0.29) is 41.5 Å². The van der Waals surface area contributed by atoms with Crippen LogP contribution in [0.2, 0.25) is 0 Å². The average molecular weight is 496 g/mol. The molecule has 2 aliphatic heterocycles. The lowest BCUT2D eigenvalue weighted by atomic mass is 9.84. The number of hydrogen-bond acceptors (Lipinski definition) is 4. The number of guanidine groups is 1. The van der Waals surface area contributed by atoms with Crippen LogP contribution in [-0.4, -0.2) is 74.6 Å². The fourth-order valence-electron chi connectivity index (χ4n) is 4.37. The summed E-state index contributed by atoms with van der Waals surface area (Å²) in [5, 5.41) is 16.3. The highest BCUT2D eigenvalue weighted by atomic mass is 127. The molecular formula is C20H41IN4O2. The molecule has 7 heteroatoms. The van der Waals surface area contributed by atoms with Crippen molar-refractivity contribution in [1.82, 2.24) is 15.5 Å². The van der Waals surface area contributed by atoms with Gasteiger partial charge in [0.1, 0.15) is 0 Å². The number of nitrogens with zero attached hydrogens (tertiary/aromatic N) is 2. The molecular weight excluding hydrogens is 455 g/mol. The Labute approximate surface area is 182 Å². The van der Waals surface area contributed by atoms with Crippen LogP contribution in [0.3, 0.4) is 0 Å². The van der Waals surface area contributed by atoms with Crippen LogP contribution in [0.15, 0.2) is 4.99 Å². The van der Waals surface area contributed by atoms with Crippen LogP contribution < -0.4 is 10.6 Å². The highest BCUT2D eigenvalue weighted by Crippen LogP contribution is 2.31. The molecule has 2 fully saturated rings. The fourth-order valence-corrected chi connectivity index (χ4v) is 4.37. The van der Waals surface area contributed by atoms with Gasteiger partial charge in [0.05, 0.1) is 6.61 Å². The van der Waals surface area contributed by atoms with Gasteiger partial charge in [0.25, 0.3) is 0 Å². The van der Waals surface area contributed by atoms with E-state index >= 15 is 0 Å². The Kier molecular flexibility index (Phi) is 10.3. The number of aliphatic hydroxyl groups excluding tert-OH is 1. The minimum absolute atomic E-state index is 0. The van der Waals surface area contributed by atoms with Crippen molar-refractivity contribution in [3.63, 3.8) is 0 Å². The van der Waals surface area contributed by atoms with Gasteiger partial charge in [0.2, 0.25) is 0 Å². The Morgan fingerprint density at radius 3 is 2.44 bits per heavy atom. The van der Waals surface area contributed by atoms with Gasteiger partial charge in [0.15, 0.2) is 5.96 Å². The van der Waals surface area contributed by atoms with E-state index in [1.807, 2.05) is 7.05 Å². The molecule has 2 heterocycles. The maximum absolute atomic E-state index is 9.38. The van der Waals surface area contributed by atoms with Crippen molar-refractivity contribution in [1.29, 1.82) is 0 Å². The zero-order valence-corrected chi connectivity index (χ0v) is 20.2. The van der Waals surface area contributed by atoms with Crippen molar-refractivity contribution in [3.8, 4) is 0 Å². The van der Waals surface area contributed by atoms with E-state index in [1.165, 1.54) is 19.5 Å². The second-order valence-electron chi connectivity index (χ2n) is 9.22. The topological polar surface area (TPSA) is 69.1 Å². The number of ether oxygens (including phenoxy) is 1. The van der Waals surface area contributed by atoms with Crippen LogP contribution in [-0.2, 0) is 4.74 Å². The lowest BCUT2D eigenvalue weighted by molar-refractivity contribution is 0.0483. The van der Waals surface area contributed by atoms with Gasteiger partial charge in [-0.1, -0.05) is 13.8 Å². The molecule has 6 nitrogen and oxygen atoms in total. The minimum Gasteiger partial charge on any atom is -0.396 e. The quantitative estimate of drug-likeness (QED) is 0.287. The largest absolute Gasteiger partial charge is 0.396 e. The molecule has 2 rings (SSSR count). The lowest BCUT2D eigenvalue weighted by Gasteiger charge is -2.45. The monoisotopic (exact) mass is 496 g/mol. The normalized spacial score (nSPS) is 30.1. The number of aliphatic hydroxyl groups is 1. The van der Waals surface area contributed by atoms with Crippen molar-refractivity contribution < 1.29 is 9.84 Å². The highest BCUT2D eigenvalue weighted by Gasteiger charge is 2.35. The van der Waals surface area contributed by atoms with Crippen molar-refractivity contribution >= 4 is 29.9 Å². The number of rotatable bonds is 7. The number of hydrogen-bond donors (Lipinski definition) is 3. The smallest absolute Gasteiger partial charge is 0.191 e. The van der Waals surface area contributed by atoms with Gasteiger partial charge in [0, 0.05) is 57.4 Å². The van der Waals surface area contributed by atoms with E-state index < -0.39 is 0 Å². The van der Waals surface area contributed by atoms with Gasteiger partial charge in [-0.2, -0.15) is 0 Å². The van der Waals surface area contributed by atoms with E-state index in [0.29, 0.717) is 6.61 Å². The molecule has 0 aromatic heterocycles. The SMILES string of the molecule is CN=C(NCC1(CCO)CCOC1)NCC(C)(C)N1CC(C)CC(C)C1.I. The first-order valence-electron chi connectivity index (χ1n) is 10.2. The minimum atomic E-state index is 0. The molecule has 2 saturated heterocycles. The van der Waals surface area contributed by atoms with Crippen LogP contribution in [0.4, 0.5) is 0 Å². The van der Waals surface area contributed by atoms with E-state index in [1.54, 1.807) is 0 Å². The van der Waals surface area contributed by atoms with Crippen LogP contribution >= 0.6 is 24.0 Å². The summed E-state index contributed by atoms with van der Waals surface area (Å²) >= 11 is 0. The molecule has 0 radical (unpaired) electrons. The highest BCUT2D eigenvalue weighted by molar-refractivity contribution is 14.0. The summed E-state index contributed by atoms with van der Waals surface area (Å²) in [6.07, 6.45) is 3.09. The Balaban J connectivity index is 0.00000364. The predicted octanol–water partition coefficient (Wildman–Crippen LogP) is 2.31. The molecule has 0 bridgehead atoms. The predicted molar refractivity (Wildman–Crippen MR) is 123 cm³/mol. The molecule has 160 valence electrons. The third kappa shape index (κ3) is 7.33.